The van der Waals surface area contributed by atoms with Crippen LogP contribution in [0.3, 0.4) is 0 Å². The van der Waals surface area contributed by atoms with Gasteiger partial charge in [-0.1, -0.05) is 0 Å². The van der Waals surface area contributed by atoms with Gasteiger partial charge in [0, 0.05) is 27.3 Å². The van der Waals surface area contributed by atoms with E-state index in [1.807, 2.05) is 0 Å². The zero-order chi connectivity index (χ0) is 14.1. The smallest absolute Gasteiger partial charge is 0.0634 e. The molecule has 19 heavy (non-hydrogen) atoms. The summed E-state index contributed by atoms with van der Waals surface area (Å²) in [7, 11) is 3.56. The predicted octanol–water partition coefficient (Wildman–Crippen LogP) is 1.75. The third-order valence-electron chi connectivity index (χ3n) is 4.21. The van der Waals surface area contributed by atoms with E-state index in [0.29, 0.717) is 0 Å². The van der Waals surface area contributed by atoms with Crippen LogP contribution in [0.4, 0.5) is 0 Å². The van der Waals surface area contributed by atoms with Crippen LogP contribution in [0, 0.1) is 5.92 Å². The molecule has 0 atom stereocenters. The van der Waals surface area contributed by atoms with Crippen LogP contribution < -0.4 is 5.32 Å². The molecule has 1 heterocycles. The Morgan fingerprint density at radius 1 is 1.21 bits per heavy atom. The quantitative estimate of drug-likeness (QED) is 0.648. The highest BCUT2D eigenvalue weighted by Crippen LogP contribution is 2.19. The molecule has 0 aliphatic carbocycles. The van der Waals surface area contributed by atoms with E-state index in [4.69, 9.17) is 9.47 Å². The zero-order valence-electron chi connectivity index (χ0n) is 13.2. The number of rotatable bonds is 9. The molecule has 1 fully saturated rings. The lowest BCUT2D eigenvalue weighted by atomic mass is 9.96. The number of hydrogen-bond acceptors (Lipinski definition) is 4. The highest BCUT2D eigenvalue weighted by Gasteiger charge is 2.22. The van der Waals surface area contributed by atoms with Crippen molar-refractivity contribution in [3.05, 3.63) is 0 Å². The molecule has 1 aliphatic heterocycles. The number of hydrogen-bond donors (Lipinski definition) is 1. The fourth-order valence-corrected chi connectivity index (χ4v) is 2.42. The minimum absolute atomic E-state index is 0.0125. The molecule has 0 bridgehead atoms. The van der Waals surface area contributed by atoms with Crippen LogP contribution >= 0.6 is 0 Å². The van der Waals surface area contributed by atoms with Gasteiger partial charge in [-0.2, -0.15) is 0 Å². The Morgan fingerprint density at radius 3 is 2.47 bits per heavy atom. The second-order valence-corrected chi connectivity index (χ2v) is 6.20. The van der Waals surface area contributed by atoms with Crippen molar-refractivity contribution in [3.63, 3.8) is 0 Å². The third kappa shape index (κ3) is 7.25. The van der Waals surface area contributed by atoms with Gasteiger partial charge in [-0.3, -0.25) is 0 Å². The Bertz CT molecular complexity index is 226. The summed E-state index contributed by atoms with van der Waals surface area (Å²) in [6.07, 6.45) is 3.74. The second-order valence-electron chi connectivity index (χ2n) is 6.20. The molecule has 1 aliphatic rings. The lowest BCUT2D eigenvalue weighted by Crippen LogP contribution is -2.40. The highest BCUT2D eigenvalue weighted by atomic mass is 16.5. The molecule has 0 aromatic rings. The normalized spacial score (nSPS) is 18.9. The molecule has 0 radical (unpaired) electrons. The number of nitrogens with one attached hydrogen (secondary N) is 1. The number of likely N-dealkylation sites (tertiary alicyclic amines) is 1. The van der Waals surface area contributed by atoms with E-state index >= 15 is 0 Å². The van der Waals surface area contributed by atoms with Crippen LogP contribution in [0.1, 0.15) is 33.1 Å². The van der Waals surface area contributed by atoms with Crippen molar-refractivity contribution < 1.29 is 9.47 Å². The van der Waals surface area contributed by atoms with E-state index in [-0.39, 0.29) is 5.60 Å². The number of nitrogens with zero attached hydrogens (tertiary/aromatic N) is 1. The van der Waals surface area contributed by atoms with Gasteiger partial charge < -0.3 is 19.7 Å². The number of methoxy groups -OCH3 is 2. The summed E-state index contributed by atoms with van der Waals surface area (Å²) >= 11 is 0. The average Bonchev–Trinajstić information content (AvgIpc) is 2.43. The van der Waals surface area contributed by atoms with E-state index in [1.54, 1.807) is 14.2 Å². The van der Waals surface area contributed by atoms with Gasteiger partial charge in [0.05, 0.1) is 12.2 Å². The molecule has 0 saturated carbocycles. The van der Waals surface area contributed by atoms with Gasteiger partial charge in [-0.15, -0.1) is 0 Å². The fraction of sp³-hybridized carbons (Fsp3) is 1.00. The van der Waals surface area contributed by atoms with Gasteiger partial charge in [-0.25, -0.2) is 0 Å². The standard InChI is InChI=1S/C15H32N2O2/c1-15(2,19-4)7-11-17-9-5-14(6-10-17)13-16-8-12-18-3/h14,16H,5-13H2,1-4H3. The Kier molecular flexibility index (Phi) is 7.91. The first-order valence-corrected chi connectivity index (χ1v) is 7.54. The van der Waals surface area contributed by atoms with Crippen LogP contribution in [-0.2, 0) is 9.47 Å². The molecule has 0 aromatic carbocycles. The fourth-order valence-electron chi connectivity index (χ4n) is 2.42. The Labute approximate surface area is 118 Å². The molecule has 1 N–H and O–H groups in total. The molecule has 0 amide bonds. The van der Waals surface area contributed by atoms with Crippen LogP contribution in [0.15, 0.2) is 0 Å². The molecule has 4 nitrogen and oxygen atoms in total. The van der Waals surface area contributed by atoms with Gasteiger partial charge >= 0.3 is 0 Å². The Balaban J connectivity index is 2.08. The number of piperidine rings is 1. The Hall–Kier alpha value is -0.160. The van der Waals surface area contributed by atoms with Crippen LogP contribution in [0.2, 0.25) is 0 Å². The largest absolute Gasteiger partial charge is 0.383 e. The first-order chi connectivity index (χ1) is 9.07. The lowest BCUT2D eigenvalue weighted by molar-refractivity contribution is 0.00489. The van der Waals surface area contributed by atoms with Gasteiger partial charge in [0.2, 0.25) is 0 Å². The third-order valence-corrected chi connectivity index (χ3v) is 4.21. The van der Waals surface area contributed by atoms with Crippen LogP contribution in [0.25, 0.3) is 0 Å². The van der Waals surface area contributed by atoms with E-state index in [1.165, 1.54) is 25.9 Å². The van der Waals surface area contributed by atoms with Crippen LogP contribution in [-0.4, -0.2) is 64.1 Å². The van der Waals surface area contributed by atoms with Crippen molar-refractivity contribution in [2.75, 3.05) is 53.6 Å². The minimum atomic E-state index is 0.0125. The molecule has 0 unspecified atom stereocenters. The number of ether oxygens (including phenoxy) is 2. The maximum atomic E-state index is 5.48. The van der Waals surface area contributed by atoms with Crippen molar-refractivity contribution in [2.45, 2.75) is 38.7 Å². The molecular weight excluding hydrogens is 240 g/mol. The molecule has 114 valence electrons. The summed E-state index contributed by atoms with van der Waals surface area (Å²) < 4.78 is 10.5. The van der Waals surface area contributed by atoms with Crippen molar-refractivity contribution in [1.29, 1.82) is 0 Å². The summed E-state index contributed by atoms with van der Waals surface area (Å²) in [6.45, 7) is 10.9. The van der Waals surface area contributed by atoms with Gasteiger partial charge in [0.1, 0.15) is 0 Å². The van der Waals surface area contributed by atoms with E-state index in [0.717, 1.165) is 38.6 Å². The maximum absolute atomic E-state index is 5.48. The molecule has 0 spiro atoms. The van der Waals surface area contributed by atoms with E-state index in [9.17, 15) is 0 Å². The molecule has 4 heteroatoms. The SMILES string of the molecule is COCCNCC1CCN(CCC(C)(C)OC)CC1. The van der Waals surface area contributed by atoms with E-state index < -0.39 is 0 Å². The Morgan fingerprint density at radius 2 is 1.89 bits per heavy atom. The topological polar surface area (TPSA) is 33.7 Å². The monoisotopic (exact) mass is 272 g/mol. The summed E-state index contributed by atoms with van der Waals surface area (Å²) in [6, 6.07) is 0. The predicted molar refractivity (Wildman–Crippen MR) is 79.6 cm³/mol. The lowest BCUT2D eigenvalue weighted by Gasteiger charge is -2.34. The zero-order valence-corrected chi connectivity index (χ0v) is 13.2. The van der Waals surface area contributed by atoms with Crippen molar-refractivity contribution in [3.8, 4) is 0 Å². The maximum Gasteiger partial charge on any atom is 0.0634 e. The van der Waals surface area contributed by atoms with Gasteiger partial charge in [0.15, 0.2) is 0 Å². The van der Waals surface area contributed by atoms with E-state index in [2.05, 4.69) is 24.1 Å². The van der Waals surface area contributed by atoms with Crippen molar-refractivity contribution in [2.24, 2.45) is 5.92 Å². The summed E-state index contributed by atoms with van der Waals surface area (Å²) in [5.74, 6) is 0.837. The summed E-state index contributed by atoms with van der Waals surface area (Å²) in [4.78, 5) is 2.58. The summed E-state index contributed by atoms with van der Waals surface area (Å²) in [5.41, 5.74) is 0.0125. The summed E-state index contributed by atoms with van der Waals surface area (Å²) in [5, 5.41) is 3.47. The van der Waals surface area contributed by atoms with Crippen LogP contribution in [0.5, 0.6) is 0 Å². The molecule has 1 rings (SSSR count). The first kappa shape index (κ1) is 16.9. The van der Waals surface area contributed by atoms with Crippen molar-refractivity contribution >= 4 is 0 Å². The molecular formula is C15H32N2O2. The van der Waals surface area contributed by atoms with Crippen molar-refractivity contribution in [1.82, 2.24) is 10.2 Å². The molecule has 0 aromatic heterocycles. The van der Waals surface area contributed by atoms with Gasteiger partial charge in [0.25, 0.3) is 0 Å². The average molecular weight is 272 g/mol. The highest BCUT2D eigenvalue weighted by molar-refractivity contribution is 4.76. The minimum Gasteiger partial charge on any atom is -0.383 e. The molecule has 1 saturated heterocycles. The second kappa shape index (κ2) is 8.90. The first-order valence-electron chi connectivity index (χ1n) is 7.54. The van der Waals surface area contributed by atoms with Gasteiger partial charge in [-0.05, 0) is 58.7 Å².